The van der Waals surface area contributed by atoms with Crippen LogP contribution in [0.3, 0.4) is 0 Å². The molecule has 160 valence electrons. The van der Waals surface area contributed by atoms with Crippen molar-refractivity contribution in [2.75, 3.05) is 11.1 Å². The number of fused-ring (bicyclic) bond motifs is 2. The van der Waals surface area contributed by atoms with Gasteiger partial charge in [0.25, 0.3) is 0 Å². The summed E-state index contributed by atoms with van der Waals surface area (Å²) in [6, 6.07) is 17.2. The first-order chi connectivity index (χ1) is 15.5. The maximum absolute atomic E-state index is 12.6. The Balaban J connectivity index is 1.41. The summed E-state index contributed by atoms with van der Waals surface area (Å²) in [7, 11) is 0. The molecule has 8 nitrogen and oxygen atoms in total. The van der Waals surface area contributed by atoms with Crippen LogP contribution in [0.25, 0.3) is 27.8 Å². The third kappa shape index (κ3) is 3.78. The highest BCUT2D eigenvalue weighted by Crippen LogP contribution is 2.31. The van der Waals surface area contributed by atoms with Crippen molar-refractivity contribution in [2.24, 2.45) is 0 Å². The topological polar surface area (TPSA) is 108 Å². The molecule has 2 aromatic carbocycles. The van der Waals surface area contributed by atoms with E-state index in [1.54, 1.807) is 18.2 Å². The van der Waals surface area contributed by atoms with Crippen LogP contribution in [0.5, 0.6) is 0 Å². The van der Waals surface area contributed by atoms with Gasteiger partial charge in [-0.15, -0.1) is 0 Å². The third-order valence-electron chi connectivity index (χ3n) is 5.06. The monoisotopic (exact) mass is 444 g/mol. The van der Waals surface area contributed by atoms with Crippen molar-refractivity contribution in [3.8, 4) is 11.3 Å². The Labute approximate surface area is 187 Å². The quantitative estimate of drug-likeness (QED) is 0.356. The fraction of sp³-hybridized carbons (Fsp3) is 0.130. The molecule has 32 heavy (non-hydrogen) atoms. The van der Waals surface area contributed by atoms with Crippen LogP contribution in [0, 0.1) is 13.8 Å². The second kappa shape index (κ2) is 8.01. The normalized spacial score (nSPS) is 11.3. The van der Waals surface area contributed by atoms with Gasteiger partial charge in [-0.3, -0.25) is 4.79 Å². The molecule has 0 radical (unpaired) electrons. The SMILES string of the molecule is Cc1cc(C)c2c(-c3ccccc3)nc(SCC(=O)Nc3ccc4[nH]c(=O)[nH]c4c3)n2n1. The van der Waals surface area contributed by atoms with Crippen LogP contribution in [-0.2, 0) is 4.79 Å². The Morgan fingerprint density at radius 2 is 1.84 bits per heavy atom. The molecule has 5 rings (SSSR count). The molecule has 0 saturated carbocycles. The first kappa shape index (κ1) is 20.1. The van der Waals surface area contributed by atoms with E-state index in [0.29, 0.717) is 21.9 Å². The second-order valence-corrected chi connectivity index (χ2v) is 8.46. The molecule has 0 bridgehead atoms. The van der Waals surface area contributed by atoms with E-state index in [2.05, 4.69) is 20.4 Å². The molecule has 5 aromatic rings. The highest BCUT2D eigenvalue weighted by molar-refractivity contribution is 7.99. The molecule has 0 aliphatic rings. The molecule has 0 unspecified atom stereocenters. The summed E-state index contributed by atoms with van der Waals surface area (Å²) in [5.41, 5.74) is 6.41. The molecule has 0 aliphatic heterocycles. The van der Waals surface area contributed by atoms with Crippen LogP contribution in [0.2, 0.25) is 0 Å². The molecule has 1 amide bonds. The van der Waals surface area contributed by atoms with Gasteiger partial charge in [0.2, 0.25) is 5.91 Å². The summed E-state index contributed by atoms with van der Waals surface area (Å²) < 4.78 is 1.82. The van der Waals surface area contributed by atoms with Crippen LogP contribution in [0.4, 0.5) is 5.69 Å². The number of aryl methyl sites for hydroxylation is 2. The van der Waals surface area contributed by atoms with E-state index in [-0.39, 0.29) is 17.3 Å². The molecule has 3 N–H and O–H groups in total. The van der Waals surface area contributed by atoms with Gasteiger partial charge in [-0.05, 0) is 43.7 Å². The van der Waals surface area contributed by atoms with Crippen LogP contribution in [0.15, 0.2) is 64.5 Å². The lowest BCUT2D eigenvalue weighted by atomic mass is 10.1. The van der Waals surface area contributed by atoms with Gasteiger partial charge in [0.15, 0.2) is 5.16 Å². The summed E-state index contributed by atoms with van der Waals surface area (Å²) in [4.78, 5) is 34.2. The molecule has 3 heterocycles. The Morgan fingerprint density at radius 1 is 1.06 bits per heavy atom. The summed E-state index contributed by atoms with van der Waals surface area (Å²) >= 11 is 1.33. The van der Waals surface area contributed by atoms with Crippen LogP contribution in [0.1, 0.15) is 11.3 Å². The number of nitrogens with zero attached hydrogens (tertiary/aromatic N) is 3. The van der Waals surface area contributed by atoms with E-state index in [1.165, 1.54) is 11.8 Å². The van der Waals surface area contributed by atoms with Gasteiger partial charge in [0.1, 0.15) is 0 Å². The van der Waals surface area contributed by atoms with Gasteiger partial charge in [-0.2, -0.15) is 5.10 Å². The van der Waals surface area contributed by atoms with E-state index < -0.39 is 0 Å². The van der Waals surface area contributed by atoms with E-state index in [1.807, 2.05) is 54.8 Å². The standard InChI is InChI=1S/C23H20N6O2S/c1-13-10-14(2)28-29-21(13)20(15-6-4-3-5-7-15)27-23(29)32-12-19(30)24-16-8-9-17-18(11-16)26-22(31)25-17/h3-11H,12H2,1-2H3,(H,24,30)(H2,25,26,31). The van der Waals surface area contributed by atoms with Crippen LogP contribution >= 0.6 is 11.8 Å². The number of carbonyl (C=O) groups excluding carboxylic acids is 1. The second-order valence-electron chi connectivity index (χ2n) is 7.51. The number of anilines is 1. The van der Waals surface area contributed by atoms with Crippen molar-refractivity contribution in [3.63, 3.8) is 0 Å². The number of rotatable bonds is 5. The van der Waals surface area contributed by atoms with Gasteiger partial charge in [0, 0.05) is 11.3 Å². The summed E-state index contributed by atoms with van der Waals surface area (Å²) in [5, 5.41) is 8.17. The summed E-state index contributed by atoms with van der Waals surface area (Å²) in [6.07, 6.45) is 0. The maximum Gasteiger partial charge on any atom is 0.323 e. The smallest absolute Gasteiger partial charge is 0.323 e. The minimum atomic E-state index is -0.280. The van der Waals surface area contributed by atoms with E-state index in [9.17, 15) is 9.59 Å². The lowest BCUT2D eigenvalue weighted by molar-refractivity contribution is -0.113. The van der Waals surface area contributed by atoms with Crippen LogP contribution in [-0.4, -0.2) is 36.2 Å². The summed E-state index contributed by atoms with van der Waals surface area (Å²) in [6.45, 7) is 3.98. The minimum absolute atomic E-state index is 0.170. The Morgan fingerprint density at radius 3 is 2.66 bits per heavy atom. The summed E-state index contributed by atoms with van der Waals surface area (Å²) in [5.74, 6) is -0.00131. The molecular formula is C23H20N6O2S. The van der Waals surface area contributed by atoms with Crippen molar-refractivity contribution < 1.29 is 4.79 Å². The van der Waals surface area contributed by atoms with Crippen molar-refractivity contribution in [2.45, 2.75) is 19.0 Å². The van der Waals surface area contributed by atoms with Crippen molar-refractivity contribution in [1.82, 2.24) is 24.6 Å². The largest absolute Gasteiger partial charge is 0.325 e. The predicted octanol–water partition coefficient (Wildman–Crippen LogP) is 3.91. The molecule has 0 atom stereocenters. The zero-order valence-electron chi connectivity index (χ0n) is 17.5. The van der Waals surface area contributed by atoms with Gasteiger partial charge in [-0.1, -0.05) is 42.1 Å². The number of aromatic nitrogens is 5. The van der Waals surface area contributed by atoms with Gasteiger partial charge in [0.05, 0.1) is 33.7 Å². The van der Waals surface area contributed by atoms with Gasteiger partial charge in [-0.25, -0.2) is 14.3 Å². The zero-order chi connectivity index (χ0) is 22.2. The number of benzene rings is 2. The number of nitrogens with one attached hydrogen (secondary N) is 3. The number of hydrogen-bond donors (Lipinski definition) is 3. The molecule has 0 spiro atoms. The highest BCUT2D eigenvalue weighted by Gasteiger charge is 2.18. The third-order valence-corrected chi connectivity index (χ3v) is 5.99. The van der Waals surface area contributed by atoms with Crippen LogP contribution < -0.4 is 11.0 Å². The number of hydrogen-bond acceptors (Lipinski definition) is 5. The van der Waals surface area contributed by atoms with Gasteiger partial charge < -0.3 is 15.3 Å². The Hall–Kier alpha value is -3.85. The number of imidazole rings is 2. The highest BCUT2D eigenvalue weighted by atomic mass is 32.2. The molecule has 9 heteroatoms. The zero-order valence-corrected chi connectivity index (χ0v) is 18.3. The fourth-order valence-corrected chi connectivity index (χ4v) is 4.48. The average molecular weight is 445 g/mol. The lowest BCUT2D eigenvalue weighted by Gasteiger charge is -2.06. The maximum atomic E-state index is 12.6. The fourth-order valence-electron chi connectivity index (χ4n) is 3.73. The lowest BCUT2D eigenvalue weighted by Crippen LogP contribution is -2.14. The Bertz CT molecular complexity index is 1520. The molecule has 0 fully saturated rings. The number of carbonyl (C=O) groups is 1. The Kier molecular flexibility index (Phi) is 5.02. The first-order valence-corrected chi connectivity index (χ1v) is 11.0. The number of amides is 1. The van der Waals surface area contributed by atoms with E-state index in [0.717, 1.165) is 28.0 Å². The number of aromatic amines is 2. The molecule has 3 aromatic heterocycles. The van der Waals surface area contributed by atoms with Crippen molar-refractivity contribution in [1.29, 1.82) is 0 Å². The van der Waals surface area contributed by atoms with Crippen molar-refractivity contribution >= 4 is 39.9 Å². The van der Waals surface area contributed by atoms with E-state index >= 15 is 0 Å². The van der Waals surface area contributed by atoms with E-state index in [4.69, 9.17) is 4.98 Å². The average Bonchev–Trinajstić information content (AvgIpc) is 3.32. The predicted molar refractivity (Wildman–Crippen MR) is 126 cm³/mol. The van der Waals surface area contributed by atoms with Gasteiger partial charge >= 0.3 is 5.69 Å². The van der Waals surface area contributed by atoms with Crippen molar-refractivity contribution in [3.05, 3.63) is 76.3 Å². The molecular weight excluding hydrogens is 424 g/mol. The number of thioether (sulfide) groups is 1. The minimum Gasteiger partial charge on any atom is -0.325 e. The first-order valence-electron chi connectivity index (χ1n) is 10.0. The number of H-pyrrole nitrogens is 2. The molecule has 0 aliphatic carbocycles. The molecule has 0 saturated heterocycles.